The highest BCUT2D eigenvalue weighted by molar-refractivity contribution is 5.89. The van der Waals surface area contributed by atoms with Crippen LogP contribution >= 0.6 is 0 Å². The Bertz CT molecular complexity index is 425. The van der Waals surface area contributed by atoms with Gasteiger partial charge in [-0.2, -0.15) is 0 Å². The summed E-state index contributed by atoms with van der Waals surface area (Å²) in [6.07, 6.45) is 6.28. The molecular weight excluding hydrogens is 238 g/mol. The van der Waals surface area contributed by atoms with Crippen LogP contribution in [-0.2, 0) is 6.42 Å². The van der Waals surface area contributed by atoms with Crippen molar-refractivity contribution in [3.63, 3.8) is 0 Å². The predicted octanol–water partition coefficient (Wildman–Crippen LogP) is 3.05. The van der Waals surface area contributed by atoms with E-state index in [1.54, 1.807) is 12.1 Å². The van der Waals surface area contributed by atoms with Crippen LogP contribution in [0.25, 0.3) is 0 Å². The third kappa shape index (κ3) is 4.06. The van der Waals surface area contributed by atoms with Crippen LogP contribution in [0.2, 0.25) is 0 Å². The normalized spacial score (nSPS) is 16.1. The largest absolute Gasteiger partial charge is 0.478 e. The van der Waals surface area contributed by atoms with Gasteiger partial charge in [0.25, 0.3) is 0 Å². The van der Waals surface area contributed by atoms with Gasteiger partial charge in [0.1, 0.15) is 0 Å². The molecule has 2 rings (SSSR count). The van der Waals surface area contributed by atoms with E-state index in [0.717, 1.165) is 31.0 Å². The average Bonchev–Trinajstić information content (AvgIpc) is 2.89. The van der Waals surface area contributed by atoms with Gasteiger partial charge in [-0.15, -0.1) is 0 Å². The fraction of sp³-hybridized carbons (Fsp3) is 0.562. The molecule has 0 unspecified atom stereocenters. The molecule has 1 aromatic carbocycles. The van der Waals surface area contributed by atoms with E-state index in [1.165, 1.54) is 25.7 Å². The standard InChI is InChI=1S/C16H23NO2/c1-17(12-13-6-2-3-7-13)11-10-14-8-4-5-9-15(14)16(18)19/h4-5,8-9,13H,2-3,6-7,10-12H2,1H3,(H,18,19). The number of aromatic carboxylic acids is 1. The van der Waals surface area contributed by atoms with Gasteiger partial charge in [0.15, 0.2) is 0 Å². The highest BCUT2D eigenvalue weighted by atomic mass is 16.4. The highest BCUT2D eigenvalue weighted by Crippen LogP contribution is 2.25. The fourth-order valence-electron chi connectivity index (χ4n) is 2.98. The van der Waals surface area contributed by atoms with Gasteiger partial charge in [-0.25, -0.2) is 4.79 Å². The van der Waals surface area contributed by atoms with Crippen molar-refractivity contribution in [1.29, 1.82) is 0 Å². The van der Waals surface area contributed by atoms with Gasteiger partial charge in [-0.1, -0.05) is 31.0 Å². The van der Waals surface area contributed by atoms with E-state index in [1.807, 2.05) is 12.1 Å². The smallest absolute Gasteiger partial charge is 0.335 e. The summed E-state index contributed by atoms with van der Waals surface area (Å²) in [6.45, 7) is 2.08. The lowest BCUT2D eigenvalue weighted by Gasteiger charge is -2.21. The van der Waals surface area contributed by atoms with Crippen molar-refractivity contribution in [2.24, 2.45) is 5.92 Å². The minimum absolute atomic E-state index is 0.441. The molecule has 0 bridgehead atoms. The Kier molecular flexibility index (Phi) is 4.97. The summed E-state index contributed by atoms with van der Waals surface area (Å²) in [4.78, 5) is 13.5. The zero-order valence-corrected chi connectivity index (χ0v) is 11.6. The number of carboxylic acid groups (broad SMARTS) is 1. The molecule has 0 spiro atoms. The number of benzene rings is 1. The minimum atomic E-state index is -0.825. The van der Waals surface area contributed by atoms with E-state index >= 15 is 0 Å². The number of likely N-dealkylation sites (N-methyl/N-ethyl adjacent to an activating group) is 1. The molecule has 1 fully saturated rings. The van der Waals surface area contributed by atoms with Gasteiger partial charge >= 0.3 is 5.97 Å². The van der Waals surface area contributed by atoms with Crippen LogP contribution in [0.5, 0.6) is 0 Å². The molecule has 0 aliphatic heterocycles. The summed E-state index contributed by atoms with van der Waals surface area (Å²) in [5.74, 6) is 0.0220. The number of hydrogen-bond acceptors (Lipinski definition) is 2. The van der Waals surface area contributed by atoms with Crippen molar-refractivity contribution < 1.29 is 9.90 Å². The molecule has 1 aliphatic carbocycles. The predicted molar refractivity (Wildman–Crippen MR) is 76.6 cm³/mol. The van der Waals surface area contributed by atoms with E-state index in [-0.39, 0.29) is 0 Å². The molecule has 1 N–H and O–H groups in total. The van der Waals surface area contributed by atoms with Crippen LogP contribution in [0.3, 0.4) is 0 Å². The third-order valence-electron chi connectivity index (χ3n) is 4.06. The van der Waals surface area contributed by atoms with E-state index in [4.69, 9.17) is 5.11 Å². The second-order valence-electron chi connectivity index (χ2n) is 5.63. The summed E-state index contributed by atoms with van der Waals surface area (Å²) in [6, 6.07) is 7.31. The summed E-state index contributed by atoms with van der Waals surface area (Å²) in [7, 11) is 2.14. The molecule has 0 aromatic heterocycles. The van der Waals surface area contributed by atoms with Crippen LogP contribution in [0.15, 0.2) is 24.3 Å². The van der Waals surface area contributed by atoms with Crippen molar-refractivity contribution in [3.05, 3.63) is 35.4 Å². The van der Waals surface area contributed by atoms with Crippen molar-refractivity contribution in [3.8, 4) is 0 Å². The average molecular weight is 261 g/mol. The first-order valence-corrected chi connectivity index (χ1v) is 7.16. The van der Waals surface area contributed by atoms with Gasteiger partial charge in [-0.3, -0.25) is 0 Å². The SMILES string of the molecule is CN(CCc1ccccc1C(=O)O)CC1CCCC1. The van der Waals surface area contributed by atoms with Crippen molar-refractivity contribution in [2.75, 3.05) is 20.1 Å². The molecule has 1 aliphatic rings. The first-order valence-electron chi connectivity index (χ1n) is 7.16. The molecule has 1 saturated carbocycles. The van der Waals surface area contributed by atoms with Gasteiger partial charge < -0.3 is 10.0 Å². The highest BCUT2D eigenvalue weighted by Gasteiger charge is 2.17. The maximum absolute atomic E-state index is 11.1. The van der Waals surface area contributed by atoms with Crippen LogP contribution in [0, 0.1) is 5.92 Å². The third-order valence-corrected chi connectivity index (χ3v) is 4.06. The molecule has 0 saturated heterocycles. The second-order valence-corrected chi connectivity index (χ2v) is 5.63. The Morgan fingerprint density at radius 2 is 2.00 bits per heavy atom. The number of rotatable bonds is 6. The van der Waals surface area contributed by atoms with Gasteiger partial charge in [0.2, 0.25) is 0 Å². The number of carbonyl (C=O) groups is 1. The van der Waals surface area contributed by atoms with Crippen molar-refractivity contribution in [2.45, 2.75) is 32.1 Å². The first kappa shape index (κ1) is 14.1. The Morgan fingerprint density at radius 1 is 1.32 bits per heavy atom. The number of hydrogen-bond donors (Lipinski definition) is 1. The van der Waals surface area contributed by atoms with Crippen LogP contribution in [-0.4, -0.2) is 36.1 Å². The summed E-state index contributed by atoms with van der Waals surface area (Å²) < 4.78 is 0. The maximum Gasteiger partial charge on any atom is 0.335 e. The fourth-order valence-corrected chi connectivity index (χ4v) is 2.98. The lowest BCUT2D eigenvalue weighted by molar-refractivity contribution is 0.0695. The van der Waals surface area contributed by atoms with E-state index in [0.29, 0.717) is 5.56 Å². The zero-order valence-electron chi connectivity index (χ0n) is 11.6. The van der Waals surface area contributed by atoms with Crippen LogP contribution in [0.4, 0.5) is 0 Å². The molecule has 19 heavy (non-hydrogen) atoms. The lowest BCUT2D eigenvalue weighted by Crippen LogP contribution is -2.27. The Labute approximate surface area is 115 Å². The zero-order chi connectivity index (χ0) is 13.7. The second kappa shape index (κ2) is 6.71. The molecule has 0 atom stereocenters. The molecule has 0 heterocycles. The monoisotopic (exact) mass is 261 g/mol. The van der Waals surface area contributed by atoms with Crippen molar-refractivity contribution in [1.82, 2.24) is 4.90 Å². The molecule has 1 aromatic rings. The topological polar surface area (TPSA) is 40.5 Å². The summed E-state index contributed by atoms with van der Waals surface area (Å²) >= 11 is 0. The first-order chi connectivity index (χ1) is 9.16. The molecule has 0 radical (unpaired) electrons. The lowest BCUT2D eigenvalue weighted by atomic mass is 10.0. The molecule has 0 amide bonds. The van der Waals surface area contributed by atoms with E-state index < -0.39 is 5.97 Å². The van der Waals surface area contributed by atoms with E-state index in [2.05, 4.69) is 11.9 Å². The Balaban J connectivity index is 1.85. The quantitative estimate of drug-likeness (QED) is 0.855. The van der Waals surface area contributed by atoms with Gasteiger partial charge in [-0.05, 0) is 43.9 Å². The molecule has 3 heteroatoms. The minimum Gasteiger partial charge on any atom is -0.478 e. The molecule has 3 nitrogen and oxygen atoms in total. The molecular formula is C16H23NO2. The Hall–Kier alpha value is -1.35. The number of nitrogens with zero attached hydrogens (tertiary/aromatic N) is 1. The van der Waals surface area contributed by atoms with Crippen LogP contribution < -0.4 is 0 Å². The van der Waals surface area contributed by atoms with Gasteiger partial charge in [0.05, 0.1) is 5.56 Å². The molecule has 104 valence electrons. The van der Waals surface area contributed by atoms with Crippen molar-refractivity contribution >= 4 is 5.97 Å². The van der Waals surface area contributed by atoms with Gasteiger partial charge in [0, 0.05) is 13.1 Å². The summed E-state index contributed by atoms with van der Waals surface area (Å²) in [5, 5.41) is 9.15. The number of carboxylic acids is 1. The van der Waals surface area contributed by atoms with Crippen LogP contribution in [0.1, 0.15) is 41.6 Å². The van der Waals surface area contributed by atoms with E-state index in [9.17, 15) is 4.79 Å². The maximum atomic E-state index is 11.1. The Morgan fingerprint density at radius 3 is 2.68 bits per heavy atom. The summed E-state index contributed by atoms with van der Waals surface area (Å²) in [5.41, 5.74) is 1.38.